The van der Waals surface area contributed by atoms with E-state index in [-0.39, 0.29) is 0 Å². The Hall–Kier alpha value is -1.87. The van der Waals surface area contributed by atoms with Crippen LogP contribution in [0, 0.1) is 0 Å². The number of halogens is 1. The summed E-state index contributed by atoms with van der Waals surface area (Å²) in [5.41, 5.74) is 8.67. The molecule has 2 N–H and O–H groups in total. The number of hydrogen-bond acceptors (Lipinski definition) is 3. The van der Waals surface area contributed by atoms with Gasteiger partial charge in [-0.15, -0.1) is 0 Å². The van der Waals surface area contributed by atoms with Gasteiger partial charge in [-0.05, 0) is 36.2 Å². The first-order valence-electron chi connectivity index (χ1n) is 6.75. The molecule has 1 aliphatic rings. The summed E-state index contributed by atoms with van der Waals surface area (Å²) in [5, 5.41) is 0.613. The van der Waals surface area contributed by atoms with Gasteiger partial charge in [-0.25, -0.2) is 0 Å². The molecule has 3 nitrogen and oxygen atoms in total. The molecule has 2 aromatic carbocycles. The second-order valence-electron chi connectivity index (χ2n) is 4.95. The number of nitrogens with two attached hydrogens (primary N) is 1. The highest BCUT2D eigenvalue weighted by Gasteiger charge is 2.16. The summed E-state index contributed by atoms with van der Waals surface area (Å²) in [5.74, 6) is 0.951. The number of para-hydroxylation sites is 2. The lowest BCUT2D eigenvalue weighted by Gasteiger charge is -2.24. The first-order chi connectivity index (χ1) is 9.74. The zero-order valence-electron chi connectivity index (χ0n) is 11.2. The van der Waals surface area contributed by atoms with E-state index in [9.17, 15) is 0 Å². The fourth-order valence-corrected chi connectivity index (χ4v) is 2.66. The van der Waals surface area contributed by atoms with E-state index in [0.29, 0.717) is 10.7 Å². The van der Waals surface area contributed by atoms with E-state index in [4.69, 9.17) is 22.1 Å². The van der Waals surface area contributed by atoms with E-state index in [2.05, 4.69) is 11.0 Å². The molecule has 0 radical (unpaired) electrons. The molecule has 0 bridgehead atoms. The Morgan fingerprint density at radius 2 is 2.05 bits per heavy atom. The zero-order valence-corrected chi connectivity index (χ0v) is 11.9. The number of fused-ring (bicyclic) bond motifs is 1. The molecule has 0 saturated heterocycles. The van der Waals surface area contributed by atoms with Gasteiger partial charge in [0.1, 0.15) is 5.75 Å². The molecule has 20 heavy (non-hydrogen) atoms. The Morgan fingerprint density at radius 1 is 1.20 bits per heavy atom. The smallest absolute Gasteiger partial charge is 0.142 e. The van der Waals surface area contributed by atoms with Gasteiger partial charge >= 0.3 is 0 Å². The normalized spacial score (nSPS) is 14.3. The van der Waals surface area contributed by atoms with Crippen molar-refractivity contribution in [2.45, 2.75) is 13.0 Å². The van der Waals surface area contributed by atoms with Gasteiger partial charge in [0.05, 0.1) is 23.0 Å². The van der Waals surface area contributed by atoms with Crippen molar-refractivity contribution >= 4 is 23.0 Å². The molecule has 2 aromatic rings. The predicted molar refractivity (Wildman–Crippen MR) is 83.5 cm³/mol. The minimum atomic E-state index is 0.613. The highest BCUT2D eigenvalue weighted by molar-refractivity contribution is 6.33. The van der Waals surface area contributed by atoms with E-state index < -0.39 is 0 Å². The molecule has 1 aliphatic heterocycles. The van der Waals surface area contributed by atoms with Gasteiger partial charge in [0.2, 0.25) is 0 Å². The van der Waals surface area contributed by atoms with E-state index in [1.165, 1.54) is 0 Å². The monoisotopic (exact) mass is 288 g/mol. The molecule has 0 spiro atoms. The number of nitrogen functional groups attached to an aromatic ring is 1. The van der Waals surface area contributed by atoms with Gasteiger partial charge in [0, 0.05) is 13.1 Å². The van der Waals surface area contributed by atoms with Crippen molar-refractivity contribution in [3.8, 4) is 5.75 Å². The molecule has 0 atom stereocenters. The number of benzene rings is 2. The highest BCUT2D eigenvalue weighted by Crippen LogP contribution is 2.32. The molecule has 4 heteroatoms. The van der Waals surface area contributed by atoms with Crippen LogP contribution in [0.15, 0.2) is 42.5 Å². The molecule has 3 rings (SSSR count). The van der Waals surface area contributed by atoms with E-state index in [1.807, 2.05) is 36.4 Å². The fraction of sp³-hybridized carbons (Fsp3) is 0.250. The number of nitrogens with zero attached hydrogens (tertiary/aromatic N) is 1. The molecule has 0 amide bonds. The Morgan fingerprint density at radius 3 is 2.90 bits per heavy atom. The molecule has 0 fully saturated rings. The van der Waals surface area contributed by atoms with Crippen LogP contribution in [0.2, 0.25) is 5.02 Å². The number of anilines is 2. The molecule has 1 heterocycles. The standard InChI is InChI=1S/C16H17ClN2O/c17-13-10-12(6-7-14(13)18)11-19-8-3-9-20-16-5-2-1-4-15(16)19/h1-2,4-7,10H,3,8-9,11,18H2. The van der Waals surface area contributed by atoms with Crippen LogP contribution < -0.4 is 15.4 Å². The Kier molecular flexibility index (Phi) is 3.70. The summed E-state index contributed by atoms with van der Waals surface area (Å²) in [6.07, 6.45) is 1.01. The van der Waals surface area contributed by atoms with Gasteiger partial charge in [-0.3, -0.25) is 0 Å². The fourth-order valence-electron chi connectivity index (χ4n) is 2.45. The molecular weight excluding hydrogens is 272 g/mol. The van der Waals surface area contributed by atoms with Crippen LogP contribution in [0.25, 0.3) is 0 Å². The quantitative estimate of drug-likeness (QED) is 0.856. The molecule has 0 saturated carbocycles. The second-order valence-corrected chi connectivity index (χ2v) is 5.35. The Balaban J connectivity index is 1.88. The maximum atomic E-state index is 6.10. The third kappa shape index (κ3) is 2.68. The number of rotatable bonds is 2. The molecule has 0 aromatic heterocycles. The van der Waals surface area contributed by atoms with Crippen LogP contribution in [-0.2, 0) is 6.54 Å². The Labute approximate surface area is 123 Å². The summed E-state index contributed by atoms with van der Waals surface area (Å²) in [6, 6.07) is 14.0. The van der Waals surface area contributed by atoms with Gasteiger partial charge < -0.3 is 15.4 Å². The highest BCUT2D eigenvalue weighted by atomic mass is 35.5. The van der Waals surface area contributed by atoms with E-state index in [0.717, 1.165) is 43.1 Å². The largest absolute Gasteiger partial charge is 0.491 e. The van der Waals surface area contributed by atoms with Crippen molar-refractivity contribution in [1.29, 1.82) is 0 Å². The average molecular weight is 289 g/mol. The lowest BCUT2D eigenvalue weighted by atomic mass is 10.1. The summed E-state index contributed by atoms with van der Waals surface area (Å²) < 4.78 is 5.77. The summed E-state index contributed by atoms with van der Waals surface area (Å²) >= 11 is 6.10. The van der Waals surface area contributed by atoms with Gasteiger partial charge in [-0.2, -0.15) is 0 Å². The van der Waals surface area contributed by atoms with E-state index in [1.54, 1.807) is 0 Å². The van der Waals surface area contributed by atoms with Crippen molar-refractivity contribution in [2.75, 3.05) is 23.8 Å². The van der Waals surface area contributed by atoms with Crippen LogP contribution in [0.4, 0.5) is 11.4 Å². The van der Waals surface area contributed by atoms with Gasteiger partial charge in [0.15, 0.2) is 0 Å². The first-order valence-corrected chi connectivity index (χ1v) is 7.12. The lowest BCUT2D eigenvalue weighted by Crippen LogP contribution is -2.23. The predicted octanol–water partition coefficient (Wildman–Crippen LogP) is 3.71. The van der Waals surface area contributed by atoms with Crippen LogP contribution in [0.3, 0.4) is 0 Å². The number of ether oxygens (including phenoxy) is 1. The minimum absolute atomic E-state index is 0.613. The Bertz CT molecular complexity index is 615. The third-order valence-corrected chi connectivity index (χ3v) is 3.80. The molecule has 0 aliphatic carbocycles. The SMILES string of the molecule is Nc1ccc(CN2CCCOc3ccccc32)cc1Cl. The summed E-state index contributed by atoms with van der Waals surface area (Å²) in [4.78, 5) is 2.32. The second kappa shape index (κ2) is 5.63. The van der Waals surface area contributed by atoms with Crippen LogP contribution in [-0.4, -0.2) is 13.2 Å². The summed E-state index contributed by atoms with van der Waals surface area (Å²) in [6.45, 7) is 2.54. The van der Waals surface area contributed by atoms with Crippen molar-refractivity contribution in [1.82, 2.24) is 0 Å². The van der Waals surface area contributed by atoms with Gasteiger partial charge in [0.25, 0.3) is 0 Å². The molecule has 104 valence electrons. The number of hydrogen-bond donors (Lipinski definition) is 1. The van der Waals surface area contributed by atoms with E-state index >= 15 is 0 Å². The van der Waals surface area contributed by atoms with Crippen molar-refractivity contribution in [3.05, 3.63) is 53.1 Å². The van der Waals surface area contributed by atoms with Crippen LogP contribution in [0.5, 0.6) is 5.75 Å². The van der Waals surface area contributed by atoms with Crippen molar-refractivity contribution in [2.24, 2.45) is 0 Å². The minimum Gasteiger partial charge on any atom is -0.491 e. The first kappa shape index (κ1) is 13.1. The van der Waals surface area contributed by atoms with Crippen LogP contribution >= 0.6 is 11.6 Å². The topological polar surface area (TPSA) is 38.5 Å². The molecular formula is C16H17ClN2O. The van der Waals surface area contributed by atoms with Crippen molar-refractivity contribution < 1.29 is 4.74 Å². The lowest BCUT2D eigenvalue weighted by molar-refractivity contribution is 0.322. The molecule has 0 unspecified atom stereocenters. The average Bonchev–Trinajstić information content (AvgIpc) is 2.66. The summed E-state index contributed by atoms with van der Waals surface area (Å²) in [7, 11) is 0. The van der Waals surface area contributed by atoms with Crippen molar-refractivity contribution in [3.63, 3.8) is 0 Å². The maximum absolute atomic E-state index is 6.10. The maximum Gasteiger partial charge on any atom is 0.142 e. The third-order valence-electron chi connectivity index (χ3n) is 3.47. The van der Waals surface area contributed by atoms with Crippen LogP contribution in [0.1, 0.15) is 12.0 Å². The van der Waals surface area contributed by atoms with Gasteiger partial charge in [-0.1, -0.05) is 29.8 Å². The zero-order chi connectivity index (χ0) is 13.9.